The second kappa shape index (κ2) is 8.30. The van der Waals surface area contributed by atoms with E-state index >= 15 is 0 Å². The molecule has 4 rings (SSSR count). The molecule has 2 N–H and O–H groups in total. The third kappa shape index (κ3) is 4.33. The van der Waals surface area contributed by atoms with E-state index in [0.717, 1.165) is 25.9 Å². The molecule has 0 spiro atoms. The fourth-order valence-corrected chi connectivity index (χ4v) is 4.15. The van der Waals surface area contributed by atoms with Gasteiger partial charge in [0, 0.05) is 30.4 Å². The van der Waals surface area contributed by atoms with E-state index in [-0.39, 0.29) is 21.8 Å². The number of aromatic carboxylic acids is 1. The molecule has 1 aliphatic rings. The summed E-state index contributed by atoms with van der Waals surface area (Å²) in [6, 6.07) is 9.95. The van der Waals surface area contributed by atoms with Gasteiger partial charge in [0.1, 0.15) is 11.4 Å². The maximum Gasteiger partial charge on any atom is 0.337 e. The lowest BCUT2D eigenvalue weighted by molar-refractivity contribution is 0.0698. The number of anilines is 2. The second-order valence-electron chi connectivity index (χ2n) is 9.19. The second-order valence-corrected chi connectivity index (χ2v) is 9.19. The monoisotopic (exact) mass is 438 g/mol. The van der Waals surface area contributed by atoms with Gasteiger partial charge in [-0.2, -0.15) is 0 Å². The topological polar surface area (TPSA) is 82.8 Å². The van der Waals surface area contributed by atoms with Crippen LogP contribution < -0.4 is 15.6 Å². The zero-order valence-electron chi connectivity index (χ0n) is 18.4. The molecule has 0 radical (unpaired) electrons. The van der Waals surface area contributed by atoms with Crippen molar-refractivity contribution >= 4 is 28.5 Å². The molecule has 0 saturated carbocycles. The first kappa shape index (κ1) is 21.9. The molecule has 168 valence electrons. The highest BCUT2D eigenvalue weighted by molar-refractivity contribution is 5.94. The highest BCUT2D eigenvalue weighted by Gasteiger charge is 2.27. The van der Waals surface area contributed by atoms with Crippen LogP contribution in [0.25, 0.3) is 11.0 Å². The van der Waals surface area contributed by atoms with Crippen molar-refractivity contribution in [1.29, 1.82) is 0 Å². The normalized spacial score (nSPS) is 16.7. The van der Waals surface area contributed by atoms with Crippen LogP contribution in [0.15, 0.2) is 51.7 Å². The van der Waals surface area contributed by atoms with Gasteiger partial charge in [-0.1, -0.05) is 26.0 Å². The minimum absolute atomic E-state index is 0.109. The van der Waals surface area contributed by atoms with E-state index in [4.69, 9.17) is 4.42 Å². The fourth-order valence-electron chi connectivity index (χ4n) is 4.15. The average Bonchev–Trinajstić information content (AvgIpc) is 2.74. The molecule has 1 atom stereocenters. The van der Waals surface area contributed by atoms with Crippen molar-refractivity contribution in [2.45, 2.75) is 39.7 Å². The van der Waals surface area contributed by atoms with Crippen molar-refractivity contribution in [1.82, 2.24) is 0 Å². The number of carboxylic acid groups (broad SMARTS) is 1. The van der Waals surface area contributed by atoms with Crippen molar-refractivity contribution in [3.8, 4) is 0 Å². The molecule has 2 heterocycles. The van der Waals surface area contributed by atoms with Crippen molar-refractivity contribution in [3.05, 3.63) is 69.6 Å². The van der Waals surface area contributed by atoms with Gasteiger partial charge in [0.15, 0.2) is 11.3 Å². The van der Waals surface area contributed by atoms with Gasteiger partial charge in [-0.25, -0.2) is 9.18 Å². The minimum Gasteiger partial charge on any atom is -0.478 e. The Kier molecular flexibility index (Phi) is 5.67. The maximum atomic E-state index is 14.4. The summed E-state index contributed by atoms with van der Waals surface area (Å²) in [5, 5.41) is 12.8. The molecule has 0 aliphatic carbocycles. The van der Waals surface area contributed by atoms with E-state index < -0.39 is 17.8 Å². The number of carbonyl (C=O) groups is 1. The first-order chi connectivity index (χ1) is 15.1. The Bertz CT molecular complexity index is 1220. The van der Waals surface area contributed by atoms with Crippen LogP contribution >= 0.6 is 0 Å². The van der Waals surface area contributed by atoms with Crippen LogP contribution in [0.3, 0.4) is 0 Å². The fraction of sp³-hybridized carbons (Fsp3) is 0.360. The predicted molar refractivity (Wildman–Crippen MR) is 123 cm³/mol. The van der Waals surface area contributed by atoms with Gasteiger partial charge in [-0.05, 0) is 49.4 Å². The zero-order chi connectivity index (χ0) is 23.0. The van der Waals surface area contributed by atoms with E-state index in [1.165, 1.54) is 24.3 Å². The number of hydrogen-bond acceptors (Lipinski definition) is 5. The smallest absolute Gasteiger partial charge is 0.337 e. The molecule has 2 aromatic carbocycles. The van der Waals surface area contributed by atoms with Crippen molar-refractivity contribution in [2.24, 2.45) is 5.41 Å². The molecule has 7 heteroatoms. The standard InChI is InChI=1S/C25H27FN2O4/c1-15(27-20-7-5-4-6-17(20)24(30)31)18-12-16(26)13-19-21(29)14-22(32-23(18)19)28-10-8-25(2,3)9-11-28/h4-7,12-15,27H,8-11H2,1-3H3,(H,30,31)/t15-/m1/s1. The molecule has 0 bridgehead atoms. The van der Waals surface area contributed by atoms with Crippen LogP contribution in [0.5, 0.6) is 0 Å². The molecule has 1 saturated heterocycles. The molecule has 0 amide bonds. The first-order valence-electron chi connectivity index (χ1n) is 10.8. The number of benzene rings is 2. The van der Waals surface area contributed by atoms with Gasteiger partial charge in [-0.15, -0.1) is 0 Å². The van der Waals surface area contributed by atoms with Gasteiger partial charge in [0.25, 0.3) is 0 Å². The number of fused-ring (bicyclic) bond motifs is 1. The lowest BCUT2D eigenvalue weighted by atomic mass is 9.83. The van der Waals surface area contributed by atoms with Crippen LogP contribution in [0.1, 0.15) is 55.6 Å². The van der Waals surface area contributed by atoms with Crippen molar-refractivity contribution < 1.29 is 18.7 Å². The highest BCUT2D eigenvalue weighted by Crippen LogP contribution is 2.34. The van der Waals surface area contributed by atoms with Crippen LogP contribution in [0.4, 0.5) is 16.0 Å². The third-order valence-corrected chi connectivity index (χ3v) is 6.23. The summed E-state index contributed by atoms with van der Waals surface area (Å²) < 4.78 is 20.6. The number of nitrogens with zero attached hydrogens (tertiary/aromatic N) is 1. The Hall–Kier alpha value is -3.35. The van der Waals surface area contributed by atoms with E-state index in [9.17, 15) is 19.1 Å². The van der Waals surface area contributed by atoms with Gasteiger partial charge < -0.3 is 19.7 Å². The summed E-state index contributed by atoms with van der Waals surface area (Å²) in [5.41, 5.74) is 1.23. The van der Waals surface area contributed by atoms with Gasteiger partial charge >= 0.3 is 5.97 Å². The molecule has 1 fully saturated rings. The zero-order valence-corrected chi connectivity index (χ0v) is 18.4. The summed E-state index contributed by atoms with van der Waals surface area (Å²) in [5.74, 6) is -1.14. The van der Waals surface area contributed by atoms with Crippen LogP contribution in [-0.4, -0.2) is 24.2 Å². The number of nitrogens with one attached hydrogen (secondary N) is 1. The first-order valence-corrected chi connectivity index (χ1v) is 10.8. The molecule has 0 unspecified atom stereocenters. The Labute approximate surface area is 185 Å². The number of para-hydroxylation sites is 1. The molecule has 3 aromatic rings. The molecular weight excluding hydrogens is 411 g/mol. The largest absolute Gasteiger partial charge is 0.478 e. The van der Waals surface area contributed by atoms with Crippen molar-refractivity contribution in [2.75, 3.05) is 23.3 Å². The highest BCUT2D eigenvalue weighted by atomic mass is 19.1. The lowest BCUT2D eigenvalue weighted by Crippen LogP contribution is -2.37. The van der Waals surface area contributed by atoms with Crippen LogP contribution in [0, 0.1) is 11.2 Å². The van der Waals surface area contributed by atoms with E-state index in [1.807, 2.05) is 0 Å². The average molecular weight is 438 g/mol. The Morgan fingerprint density at radius 1 is 1.19 bits per heavy atom. The molecule has 1 aliphatic heterocycles. The van der Waals surface area contributed by atoms with Crippen molar-refractivity contribution in [3.63, 3.8) is 0 Å². The predicted octanol–water partition coefficient (Wildman–Crippen LogP) is 5.43. The van der Waals surface area contributed by atoms with E-state index in [2.05, 4.69) is 24.1 Å². The van der Waals surface area contributed by atoms with Gasteiger partial charge in [0.05, 0.1) is 17.0 Å². The van der Waals surface area contributed by atoms with Gasteiger partial charge in [-0.3, -0.25) is 4.79 Å². The van der Waals surface area contributed by atoms with Crippen LogP contribution in [0.2, 0.25) is 0 Å². The van der Waals surface area contributed by atoms with E-state index in [1.54, 1.807) is 25.1 Å². The molecule has 32 heavy (non-hydrogen) atoms. The summed E-state index contributed by atoms with van der Waals surface area (Å²) in [7, 11) is 0. The SMILES string of the molecule is C[C@@H](Nc1ccccc1C(=O)O)c1cc(F)cc2c(=O)cc(N3CCC(C)(C)CC3)oc12. The number of piperidine rings is 1. The Morgan fingerprint density at radius 3 is 2.56 bits per heavy atom. The Morgan fingerprint density at radius 2 is 1.88 bits per heavy atom. The summed E-state index contributed by atoms with van der Waals surface area (Å²) >= 11 is 0. The number of hydrogen-bond donors (Lipinski definition) is 2. The Balaban J connectivity index is 1.75. The molecular formula is C25H27FN2O4. The summed E-state index contributed by atoms with van der Waals surface area (Å²) in [6.45, 7) is 7.78. The summed E-state index contributed by atoms with van der Waals surface area (Å²) in [6.07, 6.45) is 1.96. The molecule has 6 nitrogen and oxygen atoms in total. The van der Waals surface area contributed by atoms with E-state index in [0.29, 0.717) is 22.7 Å². The number of rotatable bonds is 5. The number of halogens is 1. The minimum atomic E-state index is -1.06. The maximum absolute atomic E-state index is 14.4. The molecule has 1 aromatic heterocycles. The number of carboxylic acids is 1. The lowest BCUT2D eigenvalue weighted by Gasteiger charge is -2.37. The quantitative estimate of drug-likeness (QED) is 0.553. The summed E-state index contributed by atoms with van der Waals surface area (Å²) in [4.78, 5) is 26.5. The van der Waals surface area contributed by atoms with Crippen LogP contribution in [-0.2, 0) is 0 Å². The van der Waals surface area contributed by atoms with Gasteiger partial charge in [0.2, 0.25) is 0 Å². The third-order valence-electron chi connectivity index (χ3n) is 6.23.